The summed E-state index contributed by atoms with van der Waals surface area (Å²) in [6.07, 6.45) is 4.07. The standard InChI is InChI=1S/C17H19N3O2/c21-15-8-9-20-14-7-2-1-6-13(14)19-17(20)12(15)10-16(22)18-11-4-3-5-11/h1-2,6-7,11,21H,3-5,8-10H2,(H,18,22). The molecule has 1 aromatic heterocycles. The highest BCUT2D eigenvalue weighted by Crippen LogP contribution is 2.31. The van der Waals surface area contributed by atoms with Crippen molar-refractivity contribution in [2.75, 3.05) is 0 Å². The molecule has 1 saturated carbocycles. The van der Waals surface area contributed by atoms with Crippen LogP contribution in [0.5, 0.6) is 0 Å². The van der Waals surface area contributed by atoms with Gasteiger partial charge in [0.2, 0.25) is 5.91 Å². The number of allylic oxidation sites excluding steroid dienone is 1. The van der Waals surface area contributed by atoms with Crippen LogP contribution in [0.4, 0.5) is 0 Å². The van der Waals surface area contributed by atoms with Crippen LogP contribution in [0.3, 0.4) is 0 Å². The second-order valence-corrected chi connectivity index (χ2v) is 6.12. The van der Waals surface area contributed by atoms with Crippen molar-refractivity contribution in [1.29, 1.82) is 0 Å². The van der Waals surface area contributed by atoms with Gasteiger partial charge in [-0.1, -0.05) is 12.1 Å². The molecule has 1 aromatic carbocycles. The SMILES string of the molecule is O=C(CC1=C(O)CCn2c1nc1ccccc12)NC1CCC1. The van der Waals surface area contributed by atoms with E-state index in [1.807, 2.05) is 24.3 Å². The Labute approximate surface area is 128 Å². The lowest BCUT2D eigenvalue weighted by Gasteiger charge is -2.27. The van der Waals surface area contributed by atoms with Gasteiger partial charge in [-0.3, -0.25) is 4.79 Å². The highest BCUT2D eigenvalue weighted by atomic mass is 16.3. The second-order valence-electron chi connectivity index (χ2n) is 6.12. The van der Waals surface area contributed by atoms with Gasteiger partial charge in [0.1, 0.15) is 11.6 Å². The van der Waals surface area contributed by atoms with E-state index in [-0.39, 0.29) is 12.3 Å². The Morgan fingerprint density at radius 1 is 1.36 bits per heavy atom. The van der Waals surface area contributed by atoms with E-state index in [1.165, 1.54) is 6.42 Å². The number of aryl methyl sites for hydroxylation is 1. The van der Waals surface area contributed by atoms with Crippen molar-refractivity contribution in [1.82, 2.24) is 14.9 Å². The van der Waals surface area contributed by atoms with E-state index in [9.17, 15) is 9.90 Å². The molecule has 0 radical (unpaired) electrons. The zero-order valence-electron chi connectivity index (χ0n) is 12.4. The van der Waals surface area contributed by atoms with Gasteiger partial charge in [-0.15, -0.1) is 0 Å². The van der Waals surface area contributed by atoms with E-state index in [1.54, 1.807) is 0 Å². The van der Waals surface area contributed by atoms with E-state index in [0.29, 0.717) is 30.3 Å². The largest absolute Gasteiger partial charge is 0.512 e. The van der Waals surface area contributed by atoms with Crippen molar-refractivity contribution < 1.29 is 9.90 Å². The summed E-state index contributed by atoms with van der Waals surface area (Å²) in [5, 5.41) is 13.3. The lowest BCUT2D eigenvalue weighted by Crippen LogP contribution is -2.39. The Balaban J connectivity index is 1.65. The molecule has 22 heavy (non-hydrogen) atoms. The quantitative estimate of drug-likeness (QED) is 0.915. The molecule has 1 aliphatic carbocycles. The van der Waals surface area contributed by atoms with Gasteiger partial charge in [0.05, 0.1) is 17.5 Å². The topological polar surface area (TPSA) is 67.1 Å². The average Bonchev–Trinajstić information content (AvgIpc) is 2.85. The molecule has 0 atom stereocenters. The van der Waals surface area contributed by atoms with E-state index >= 15 is 0 Å². The Hall–Kier alpha value is -2.30. The zero-order valence-corrected chi connectivity index (χ0v) is 12.4. The average molecular weight is 297 g/mol. The molecular weight excluding hydrogens is 278 g/mol. The van der Waals surface area contributed by atoms with Gasteiger partial charge in [-0.05, 0) is 31.4 Å². The molecule has 0 unspecified atom stereocenters. The number of rotatable bonds is 3. The van der Waals surface area contributed by atoms with Gasteiger partial charge in [-0.25, -0.2) is 4.98 Å². The maximum absolute atomic E-state index is 12.2. The molecule has 2 heterocycles. The zero-order chi connectivity index (χ0) is 15.1. The van der Waals surface area contributed by atoms with E-state index in [0.717, 1.165) is 29.7 Å². The molecule has 0 saturated heterocycles. The van der Waals surface area contributed by atoms with Crippen LogP contribution in [-0.4, -0.2) is 26.6 Å². The third kappa shape index (κ3) is 2.17. The second kappa shape index (κ2) is 5.16. The summed E-state index contributed by atoms with van der Waals surface area (Å²) in [4.78, 5) is 16.8. The number of benzene rings is 1. The van der Waals surface area contributed by atoms with E-state index in [4.69, 9.17) is 0 Å². The maximum atomic E-state index is 12.2. The molecule has 4 rings (SSSR count). The highest BCUT2D eigenvalue weighted by molar-refractivity contribution is 5.90. The summed E-state index contributed by atoms with van der Waals surface area (Å²) in [5.74, 6) is 1.01. The van der Waals surface area contributed by atoms with Crippen LogP contribution in [0.1, 0.15) is 37.9 Å². The van der Waals surface area contributed by atoms with E-state index in [2.05, 4.69) is 14.9 Å². The molecule has 0 bridgehead atoms. The fourth-order valence-corrected chi connectivity index (χ4v) is 3.20. The summed E-state index contributed by atoms with van der Waals surface area (Å²) in [7, 11) is 0. The first-order valence-electron chi connectivity index (χ1n) is 7.88. The first-order valence-corrected chi connectivity index (χ1v) is 7.88. The number of fused-ring (bicyclic) bond motifs is 3. The van der Waals surface area contributed by atoms with Crippen molar-refractivity contribution in [3.05, 3.63) is 35.8 Å². The Morgan fingerprint density at radius 3 is 2.95 bits per heavy atom. The number of para-hydroxylation sites is 2. The number of aromatic nitrogens is 2. The van der Waals surface area contributed by atoms with Gasteiger partial charge < -0.3 is 15.0 Å². The maximum Gasteiger partial charge on any atom is 0.224 e. The predicted octanol–water partition coefficient (Wildman–Crippen LogP) is 2.77. The summed E-state index contributed by atoms with van der Waals surface area (Å²) in [6, 6.07) is 8.24. The number of nitrogens with zero attached hydrogens (tertiary/aromatic N) is 2. The van der Waals surface area contributed by atoms with Crippen LogP contribution in [0, 0.1) is 0 Å². The molecule has 0 spiro atoms. The molecule has 5 heteroatoms. The lowest BCUT2D eigenvalue weighted by atomic mass is 9.93. The van der Waals surface area contributed by atoms with Gasteiger partial charge in [0.25, 0.3) is 0 Å². The van der Waals surface area contributed by atoms with Gasteiger partial charge >= 0.3 is 0 Å². The molecule has 1 aliphatic heterocycles. The Bertz CT molecular complexity index is 771. The first-order chi connectivity index (χ1) is 10.7. The third-order valence-electron chi connectivity index (χ3n) is 4.65. The van der Waals surface area contributed by atoms with Crippen molar-refractivity contribution in [3.8, 4) is 0 Å². The van der Waals surface area contributed by atoms with Crippen molar-refractivity contribution in [3.63, 3.8) is 0 Å². The van der Waals surface area contributed by atoms with Crippen LogP contribution in [0.15, 0.2) is 30.0 Å². The smallest absolute Gasteiger partial charge is 0.224 e. The number of amides is 1. The third-order valence-corrected chi connectivity index (χ3v) is 4.65. The molecule has 2 aliphatic rings. The number of carbonyl (C=O) groups excluding carboxylic acids is 1. The highest BCUT2D eigenvalue weighted by Gasteiger charge is 2.26. The number of nitrogens with one attached hydrogen (secondary N) is 1. The van der Waals surface area contributed by atoms with Gasteiger partial charge in [-0.2, -0.15) is 0 Å². The molecule has 114 valence electrons. The van der Waals surface area contributed by atoms with Crippen LogP contribution in [0.25, 0.3) is 16.6 Å². The minimum atomic E-state index is -0.0215. The number of hydrogen-bond donors (Lipinski definition) is 2. The molecular formula is C17H19N3O2. The molecule has 2 aromatic rings. The summed E-state index contributed by atoms with van der Waals surface area (Å²) >= 11 is 0. The Morgan fingerprint density at radius 2 is 2.18 bits per heavy atom. The number of imidazole rings is 1. The first kappa shape index (κ1) is 13.4. The summed E-state index contributed by atoms with van der Waals surface area (Å²) in [5.41, 5.74) is 2.63. The Kier molecular flexibility index (Phi) is 3.13. The van der Waals surface area contributed by atoms with Gasteiger partial charge in [0.15, 0.2) is 0 Å². The number of carbonyl (C=O) groups is 1. The normalized spacial score (nSPS) is 18.2. The fourth-order valence-electron chi connectivity index (χ4n) is 3.20. The monoisotopic (exact) mass is 297 g/mol. The van der Waals surface area contributed by atoms with Crippen molar-refractivity contribution in [2.24, 2.45) is 0 Å². The van der Waals surface area contributed by atoms with E-state index < -0.39 is 0 Å². The fraction of sp³-hybridized carbons (Fsp3) is 0.412. The molecule has 1 fully saturated rings. The van der Waals surface area contributed by atoms with Crippen molar-refractivity contribution >= 4 is 22.5 Å². The minimum absolute atomic E-state index is 0.0215. The minimum Gasteiger partial charge on any atom is -0.512 e. The molecule has 1 amide bonds. The van der Waals surface area contributed by atoms with Gasteiger partial charge in [0, 0.05) is 24.6 Å². The van der Waals surface area contributed by atoms with Crippen LogP contribution in [0.2, 0.25) is 0 Å². The van der Waals surface area contributed by atoms with Crippen molar-refractivity contribution in [2.45, 2.75) is 44.7 Å². The lowest BCUT2D eigenvalue weighted by molar-refractivity contribution is -0.121. The number of hydrogen-bond acceptors (Lipinski definition) is 3. The molecule has 5 nitrogen and oxygen atoms in total. The number of aliphatic hydroxyl groups is 1. The van der Waals surface area contributed by atoms with Crippen LogP contribution in [-0.2, 0) is 11.3 Å². The molecule has 2 N–H and O–H groups in total. The predicted molar refractivity (Wildman–Crippen MR) is 84.3 cm³/mol. The number of aliphatic hydroxyl groups excluding tert-OH is 1. The van der Waals surface area contributed by atoms with Crippen LogP contribution >= 0.6 is 0 Å². The summed E-state index contributed by atoms with van der Waals surface area (Å²) < 4.78 is 2.10. The van der Waals surface area contributed by atoms with Crippen LogP contribution < -0.4 is 5.32 Å². The summed E-state index contributed by atoms with van der Waals surface area (Å²) in [6.45, 7) is 0.704.